The van der Waals surface area contributed by atoms with Crippen LogP contribution in [0.4, 0.5) is 0 Å². The Morgan fingerprint density at radius 3 is 1.65 bits per heavy atom. The highest BCUT2D eigenvalue weighted by molar-refractivity contribution is 5.69. The van der Waals surface area contributed by atoms with Gasteiger partial charge in [0.05, 0.1) is 19.8 Å². The van der Waals surface area contributed by atoms with Crippen molar-refractivity contribution < 1.29 is 44.2 Å². The zero-order valence-electron chi connectivity index (χ0n) is 27.5. The fourth-order valence-electron chi connectivity index (χ4n) is 5.43. The average molecular weight is 619 g/mol. The quantitative estimate of drug-likeness (QED) is 0.0591. The van der Waals surface area contributed by atoms with Crippen LogP contribution >= 0.6 is 0 Å². The normalized spacial score (nSPS) is 23.0. The first kappa shape index (κ1) is 40.2. The fraction of sp³-hybridized carbons (Fsp3) is 0.971. The third kappa shape index (κ3) is 20.0. The summed E-state index contributed by atoms with van der Waals surface area (Å²) < 4.78 is 22.4. The van der Waals surface area contributed by atoms with Crippen molar-refractivity contribution in [3.63, 3.8) is 0 Å². The summed E-state index contributed by atoms with van der Waals surface area (Å²) in [5.74, 6) is -0.336. The van der Waals surface area contributed by atoms with E-state index in [4.69, 9.17) is 18.9 Å². The summed E-state index contributed by atoms with van der Waals surface area (Å²) in [4.78, 5) is 12.3. The predicted molar refractivity (Wildman–Crippen MR) is 169 cm³/mol. The van der Waals surface area contributed by atoms with Crippen LogP contribution in [0.3, 0.4) is 0 Å². The Balaban J connectivity index is 2.17. The minimum absolute atomic E-state index is 0.110. The second-order valence-electron chi connectivity index (χ2n) is 12.3. The maximum absolute atomic E-state index is 12.3. The van der Waals surface area contributed by atoms with Crippen LogP contribution in [0.15, 0.2) is 0 Å². The number of unbranched alkanes of at least 4 members (excludes halogenated alkanes) is 18. The lowest BCUT2D eigenvalue weighted by Crippen LogP contribution is -2.59. The summed E-state index contributed by atoms with van der Waals surface area (Å²) in [5, 5.41) is 39.6. The number of hydrogen-bond acceptors (Lipinski definition) is 9. The zero-order valence-corrected chi connectivity index (χ0v) is 27.5. The number of aliphatic hydroxyl groups is 4. The SMILES string of the molecule is CCCCCCCCCCCCCCCCCCCOCC(COC1OC(CO)C(O)C(O)C1O)OC(=O)CCCCC. The van der Waals surface area contributed by atoms with E-state index < -0.39 is 43.4 Å². The lowest BCUT2D eigenvalue weighted by atomic mass is 9.99. The molecule has 4 N–H and O–H groups in total. The molecule has 1 rings (SSSR count). The number of hydrogen-bond donors (Lipinski definition) is 4. The Kier molecular flexibility index (Phi) is 25.7. The number of aliphatic hydroxyl groups excluding tert-OH is 4. The van der Waals surface area contributed by atoms with E-state index in [9.17, 15) is 25.2 Å². The van der Waals surface area contributed by atoms with Crippen molar-refractivity contribution in [3.05, 3.63) is 0 Å². The molecule has 0 aromatic heterocycles. The Bertz CT molecular complexity index is 633. The second kappa shape index (κ2) is 27.5. The number of ether oxygens (including phenoxy) is 4. The van der Waals surface area contributed by atoms with Gasteiger partial charge in [0.15, 0.2) is 6.29 Å². The van der Waals surface area contributed by atoms with Crippen LogP contribution in [0.2, 0.25) is 0 Å². The van der Waals surface area contributed by atoms with Crippen molar-refractivity contribution in [2.75, 3.05) is 26.4 Å². The van der Waals surface area contributed by atoms with Crippen LogP contribution in [0.25, 0.3) is 0 Å². The first-order chi connectivity index (χ1) is 20.9. The summed E-state index contributed by atoms with van der Waals surface area (Å²) in [6.07, 6.45) is 17.8. The van der Waals surface area contributed by atoms with Crippen LogP contribution in [-0.2, 0) is 23.7 Å². The van der Waals surface area contributed by atoms with Crippen molar-refractivity contribution in [1.29, 1.82) is 0 Å². The molecule has 0 aromatic carbocycles. The van der Waals surface area contributed by atoms with E-state index in [1.165, 1.54) is 96.3 Å². The van der Waals surface area contributed by atoms with Gasteiger partial charge >= 0.3 is 5.97 Å². The smallest absolute Gasteiger partial charge is 0.306 e. The van der Waals surface area contributed by atoms with Gasteiger partial charge in [0.1, 0.15) is 30.5 Å². The molecule has 1 aliphatic rings. The van der Waals surface area contributed by atoms with Gasteiger partial charge in [-0.25, -0.2) is 0 Å². The van der Waals surface area contributed by atoms with E-state index in [0.29, 0.717) is 13.0 Å². The molecule has 0 amide bonds. The molecule has 1 aliphatic heterocycles. The molecule has 0 saturated carbocycles. The molecule has 0 aliphatic carbocycles. The van der Waals surface area contributed by atoms with Gasteiger partial charge in [0.2, 0.25) is 0 Å². The molecule has 43 heavy (non-hydrogen) atoms. The highest BCUT2D eigenvalue weighted by Gasteiger charge is 2.44. The monoisotopic (exact) mass is 618 g/mol. The molecule has 256 valence electrons. The van der Waals surface area contributed by atoms with E-state index in [1.54, 1.807) is 0 Å². The topological polar surface area (TPSA) is 135 Å². The molecule has 0 radical (unpaired) electrons. The summed E-state index contributed by atoms with van der Waals surface area (Å²) in [6, 6.07) is 0. The summed E-state index contributed by atoms with van der Waals surface area (Å²) in [6.45, 7) is 4.39. The molecule has 9 heteroatoms. The van der Waals surface area contributed by atoms with E-state index in [0.717, 1.165) is 32.1 Å². The fourth-order valence-corrected chi connectivity index (χ4v) is 5.43. The van der Waals surface area contributed by atoms with Crippen LogP contribution in [0, 0.1) is 0 Å². The Labute approximate surface area is 262 Å². The molecule has 0 bridgehead atoms. The predicted octanol–water partition coefficient (Wildman–Crippen LogP) is 5.96. The molecular formula is C34H66O9. The molecule has 1 fully saturated rings. The van der Waals surface area contributed by atoms with Gasteiger partial charge in [-0.1, -0.05) is 129 Å². The van der Waals surface area contributed by atoms with Crippen LogP contribution in [0.5, 0.6) is 0 Å². The van der Waals surface area contributed by atoms with Crippen LogP contribution in [0.1, 0.15) is 149 Å². The largest absolute Gasteiger partial charge is 0.457 e. The molecule has 1 heterocycles. The van der Waals surface area contributed by atoms with Gasteiger partial charge < -0.3 is 39.4 Å². The maximum atomic E-state index is 12.3. The lowest BCUT2D eigenvalue weighted by Gasteiger charge is -2.39. The van der Waals surface area contributed by atoms with E-state index in [-0.39, 0.29) is 19.2 Å². The van der Waals surface area contributed by atoms with Gasteiger partial charge in [-0.2, -0.15) is 0 Å². The van der Waals surface area contributed by atoms with Gasteiger partial charge in [0.25, 0.3) is 0 Å². The molecular weight excluding hydrogens is 552 g/mol. The minimum atomic E-state index is -1.53. The first-order valence-corrected chi connectivity index (χ1v) is 17.6. The molecule has 1 saturated heterocycles. The highest BCUT2D eigenvalue weighted by Crippen LogP contribution is 2.22. The number of carbonyl (C=O) groups excluding carboxylic acids is 1. The minimum Gasteiger partial charge on any atom is -0.457 e. The molecule has 9 nitrogen and oxygen atoms in total. The lowest BCUT2D eigenvalue weighted by molar-refractivity contribution is -0.305. The summed E-state index contributed by atoms with van der Waals surface area (Å²) in [7, 11) is 0. The van der Waals surface area contributed by atoms with Crippen LogP contribution in [-0.4, -0.2) is 89.6 Å². The standard InChI is InChI=1S/C34H66O9/c1-3-5-7-8-9-10-11-12-13-14-15-16-17-18-19-20-22-24-40-26-28(42-30(36)23-21-6-4-2)27-41-34-33(39)32(38)31(37)29(25-35)43-34/h28-29,31-35,37-39H,3-27H2,1-2H3. The van der Waals surface area contributed by atoms with Crippen molar-refractivity contribution in [1.82, 2.24) is 0 Å². The van der Waals surface area contributed by atoms with Crippen molar-refractivity contribution >= 4 is 5.97 Å². The van der Waals surface area contributed by atoms with Crippen molar-refractivity contribution in [2.24, 2.45) is 0 Å². The van der Waals surface area contributed by atoms with Gasteiger partial charge in [-0.15, -0.1) is 0 Å². The maximum Gasteiger partial charge on any atom is 0.306 e. The number of esters is 1. The highest BCUT2D eigenvalue weighted by atomic mass is 16.7. The van der Waals surface area contributed by atoms with Crippen LogP contribution < -0.4 is 0 Å². The number of carbonyl (C=O) groups is 1. The summed E-state index contributed by atoms with van der Waals surface area (Å²) >= 11 is 0. The van der Waals surface area contributed by atoms with Crippen molar-refractivity contribution in [3.8, 4) is 0 Å². The number of rotatable bonds is 29. The average Bonchev–Trinajstić information content (AvgIpc) is 3.00. The van der Waals surface area contributed by atoms with Gasteiger partial charge in [-0.3, -0.25) is 4.79 Å². The molecule has 6 atom stereocenters. The van der Waals surface area contributed by atoms with E-state index in [2.05, 4.69) is 13.8 Å². The van der Waals surface area contributed by atoms with E-state index >= 15 is 0 Å². The third-order valence-electron chi connectivity index (χ3n) is 8.27. The Morgan fingerprint density at radius 1 is 0.651 bits per heavy atom. The van der Waals surface area contributed by atoms with E-state index in [1.807, 2.05) is 0 Å². The third-order valence-corrected chi connectivity index (χ3v) is 8.27. The Morgan fingerprint density at radius 2 is 1.14 bits per heavy atom. The van der Waals surface area contributed by atoms with Crippen molar-refractivity contribution in [2.45, 2.75) is 185 Å². The summed E-state index contributed by atoms with van der Waals surface area (Å²) in [5.41, 5.74) is 0. The van der Waals surface area contributed by atoms with Gasteiger partial charge in [0, 0.05) is 13.0 Å². The molecule has 0 aromatic rings. The Hall–Kier alpha value is -0.810. The van der Waals surface area contributed by atoms with Gasteiger partial charge in [-0.05, 0) is 12.8 Å². The first-order valence-electron chi connectivity index (χ1n) is 17.6. The molecule has 6 unspecified atom stereocenters. The second-order valence-corrected chi connectivity index (χ2v) is 12.3. The zero-order chi connectivity index (χ0) is 31.5. The molecule has 0 spiro atoms.